The minimum Gasteiger partial charge on any atom is -0.340 e. The molecule has 2 heterocycles. The van der Waals surface area contributed by atoms with Gasteiger partial charge in [-0.25, -0.2) is 0 Å². The molecule has 0 N–H and O–H groups in total. The Labute approximate surface area is 138 Å². The van der Waals surface area contributed by atoms with Gasteiger partial charge in [0, 0.05) is 23.3 Å². The fourth-order valence-electron chi connectivity index (χ4n) is 1.97. The van der Waals surface area contributed by atoms with Crippen LogP contribution in [-0.4, -0.2) is 35.8 Å². The van der Waals surface area contributed by atoms with Crippen molar-refractivity contribution < 1.29 is 4.79 Å². The van der Waals surface area contributed by atoms with Crippen molar-refractivity contribution >= 4 is 40.2 Å². The fourth-order valence-corrected chi connectivity index (χ4v) is 3.86. The minimum atomic E-state index is 0.146. The van der Waals surface area contributed by atoms with E-state index in [0.717, 1.165) is 17.4 Å². The summed E-state index contributed by atoms with van der Waals surface area (Å²) in [6.07, 6.45) is 0. The zero-order valence-corrected chi connectivity index (χ0v) is 14.6. The molecule has 0 aromatic carbocycles. The summed E-state index contributed by atoms with van der Waals surface area (Å²) in [6, 6.07) is 7.99. The summed E-state index contributed by atoms with van der Waals surface area (Å²) in [7, 11) is 1.86. The van der Waals surface area contributed by atoms with Crippen molar-refractivity contribution in [2.75, 3.05) is 20.1 Å². The fraction of sp³-hybridized carbons (Fsp3) is 0.400. The van der Waals surface area contributed by atoms with Gasteiger partial charge in [0.25, 0.3) is 0 Å². The van der Waals surface area contributed by atoms with Crippen molar-refractivity contribution in [1.29, 1.82) is 0 Å². The van der Waals surface area contributed by atoms with Crippen LogP contribution < -0.4 is 0 Å². The Hall–Kier alpha value is -0.880. The summed E-state index contributed by atoms with van der Waals surface area (Å²) in [5, 5.41) is 2.03. The molecular formula is C15H19ClN2OS2. The van der Waals surface area contributed by atoms with Gasteiger partial charge in [-0.05, 0) is 30.1 Å². The number of hydrogen-bond donors (Lipinski definition) is 0. The summed E-state index contributed by atoms with van der Waals surface area (Å²) < 4.78 is 0.794. The van der Waals surface area contributed by atoms with Gasteiger partial charge in [-0.3, -0.25) is 9.69 Å². The van der Waals surface area contributed by atoms with Crippen LogP contribution in [0.3, 0.4) is 0 Å². The number of carbonyl (C=O) groups excluding carboxylic acids is 1. The number of halogens is 1. The number of nitrogens with zero attached hydrogens (tertiary/aromatic N) is 2. The highest BCUT2D eigenvalue weighted by Crippen LogP contribution is 2.22. The third kappa shape index (κ3) is 5.11. The van der Waals surface area contributed by atoms with Crippen LogP contribution >= 0.6 is 34.3 Å². The van der Waals surface area contributed by atoms with E-state index in [4.69, 9.17) is 11.6 Å². The van der Waals surface area contributed by atoms with Gasteiger partial charge in [0.05, 0.1) is 17.4 Å². The highest BCUT2D eigenvalue weighted by atomic mass is 35.5. The van der Waals surface area contributed by atoms with E-state index in [2.05, 4.69) is 17.9 Å². The van der Waals surface area contributed by atoms with Crippen molar-refractivity contribution in [2.45, 2.75) is 20.0 Å². The Balaban J connectivity index is 1.86. The highest BCUT2D eigenvalue weighted by Gasteiger charge is 2.15. The molecule has 0 atom stereocenters. The van der Waals surface area contributed by atoms with Gasteiger partial charge < -0.3 is 4.90 Å². The molecular weight excluding hydrogens is 324 g/mol. The average molecular weight is 343 g/mol. The van der Waals surface area contributed by atoms with Crippen LogP contribution in [0.2, 0.25) is 4.34 Å². The number of amides is 1. The molecule has 21 heavy (non-hydrogen) atoms. The Bertz CT molecular complexity index is 568. The number of rotatable bonds is 7. The predicted octanol–water partition coefficient (Wildman–Crippen LogP) is 3.94. The quantitative estimate of drug-likeness (QED) is 0.760. The Morgan fingerprint density at radius 1 is 1.24 bits per heavy atom. The Morgan fingerprint density at radius 2 is 2.05 bits per heavy atom. The molecule has 0 aliphatic carbocycles. The molecule has 6 heteroatoms. The second kappa shape index (κ2) is 7.94. The third-order valence-electron chi connectivity index (χ3n) is 3.21. The highest BCUT2D eigenvalue weighted by molar-refractivity contribution is 7.16. The average Bonchev–Trinajstić information content (AvgIpc) is 3.09. The van der Waals surface area contributed by atoms with Crippen molar-refractivity contribution in [2.24, 2.45) is 0 Å². The molecule has 0 fully saturated rings. The molecule has 0 radical (unpaired) electrons. The molecule has 0 unspecified atom stereocenters. The van der Waals surface area contributed by atoms with Gasteiger partial charge in [-0.15, -0.1) is 22.7 Å². The number of hydrogen-bond acceptors (Lipinski definition) is 4. The molecule has 2 rings (SSSR count). The maximum absolute atomic E-state index is 12.3. The molecule has 2 aromatic heterocycles. The first-order valence-electron chi connectivity index (χ1n) is 6.81. The maximum atomic E-state index is 12.3. The monoisotopic (exact) mass is 342 g/mol. The summed E-state index contributed by atoms with van der Waals surface area (Å²) in [6.45, 7) is 4.80. The second-order valence-electron chi connectivity index (χ2n) is 4.84. The van der Waals surface area contributed by atoms with Crippen molar-refractivity contribution in [3.63, 3.8) is 0 Å². The molecule has 0 saturated carbocycles. The zero-order chi connectivity index (χ0) is 15.2. The van der Waals surface area contributed by atoms with Crippen molar-refractivity contribution in [3.8, 4) is 0 Å². The van der Waals surface area contributed by atoms with E-state index < -0.39 is 0 Å². The Kier molecular flexibility index (Phi) is 6.23. The standard InChI is InChI=1S/C15H19ClN2OS2/c1-3-18(10-13-6-7-14(16)21-13)11-15(19)17(2)9-12-5-4-8-20-12/h4-8H,3,9-11H2,1-2H3. The molecule has 0 aliphatic heterocycles. The van der Waals surface area contributed by atoms with E-state index in [1.54, 1.807) is 27.6 Å². The molecule has 3 nitrogen and oxygen atoms in total. The van der Waals surface area contributed by atoms with Crippen LogP contribution in [0.15, 0.2) is 29.6 Å². The van der Waals surface area contributed by atoms with E-state index in [-0.39, 0.29) is 5.91 Å². The molecule has 0 bridgehead atoms. The van der Waals surface area contributed by atoms with Gasteiger partial charge in [0.2, 0.25) is 5.91 Å². The summed E-state index contributed by atoms with van der Waals surface area (Å²) >= 11 is 9.20. The van der Waals surface area contributed by atoms with Gasteiger partial charge in [0.1, 0.15) is 0 Å². The van der Waals surface area contributed by atoms with Gasteiger partial charge in [-0.2, -0.15) is 0 Å². The smallest absolute Gasteiger partial charge is 0.236 e. The van der Waals surface area contributed by atoms with Crippen LogP contribution in [-0.2, 0) is 17.9 Å². The largest absolute Gasteiger partial charge is 0.340 e. The van der Waals surface area contributed by atoms with E-state index in [0.29, 0.717) is 13.1 Å². The molecule has 1 amide bonds. The van der Waals surface area contributed by atoms with E-state index in [9.17, 15) is 4.79 Å². The van der Waals surface area contributed by atoms with E-state index >= 15 is 0 Å². The lowest BCUT2D eigenvalue weighted by molar-refractivity contribution is -0.131. The second-order valence-corrected chi connectivity index (χ2v) is 7.67. The number of likely N-dealkylation sites (N-methyl/N-ethyl adjacent to an activating group) is 2. The SMILES string of the molecule is CCN(CC(=O)N(C)Cc1cccs1)Cc1ccc(Cl)s1. The van der Waals surface area contributed by atoms with Crippen LogP contribution in [0, 0.1) is 0 Å². The van der Waals surface area contributed by atoms with Crippen molar-refractivity contribution in [1.82, 2.24) is 9.80 Å². The number of carbonyl (C=O) groups is 1. The van der Waals surface area contributed by atoms with Gasteiger partial charge >= 0.3 is 0 Å². The maximum Gasteiger partial charge on any atom is 0.236 e. The first-order chi connectivity index (χ1) is 10.1. The lowest BCUT2D eigenvalue weighted by atomic mass is 10.3. The van der Waals surface area contributed by atoms with Crippen LogP contribution in [0.5, 0.6) is 0 Å². The Morgan fingerprint density at radius 3 is 2.62 bits per heavy atom. The lowest BCUT2D eigenvalue weighted by Crippen LogP contribution is -2.37. The zero-order valence-electron chi connectivity index (χ0n) is 12.2. The summed E-state index contributed by atoms with van der Waals surface area (Å²) in [5.41, 5.74) is 0. The van der Waals surface area contributed by atoms with Gasteiger partial charge in [0.15, 0.2) is 0 Å². The van der Waals surface area contributed by atoms with Crippen LogP contribution in [0.4, 0.5) is 0 Å². The van der Waals surface area contributed by atoms with Crippen LogP contribution in [0.1, 0.15) is 16.7 Å². The molecule has 2 aromatic rings. The van der Waals surface area contributed by atoms with Crippen LogP contribution in [0.25, 0.3) is 0 Å². The molecule has 0 aliphatic rings. The molecule has 0 saturated heterocycles. The minimum absolute atomic E-state index is 0.146. The van der Waals surface area contributed by atoms with E-state index in [1.807, 2.05) is 30.6 Å². The predicted molar refractivity (Wildman–Crippen MR) is 91.1 cm³/mol. The third-order valence-corrected chi connectivity index (χ3v) is 5.29. The van der Waals surface area contributed by atoms with E-state index in [1.165, 1.54) is 9.75 Å². The normalized spacial score (nSPS) is 11.0. The van der Waals surface area contributed by atoms with Gasteiger partial charge in [-0.1, -0.05) is 24.6 Å². The summed E-state index contributed by atoms with van der Waals surface area (Å²) in [5.74, 6) is 0.146. The number of thiophene rings is 2. The molecule has 0 spiro atoms. The lowest BCUT2D eigenvalue weighted by Gasteiger charge is -2.23. The molecule has 114 valence electrons. The first kappa shape index (κ1) is 16.5. The first-order valence-corrected chi connectivity index (χ1v) is 8.88. The van der Waals surface area contributed by atoms with Crippen molar-refractivity contribution in [3.05, 3.63) is 43.7 Å². The summed E-state index contributed by atoms with van der Waals surface area (Å²) in [4.78, 5) is 18.6. The topological polar surface area (TPSA) is 23.6 Å².